The van der Waals surface area contributed by atoms with Gasteiger partial charge in [0.25, 0.3) is 5.91 Å². The number of benzene rings is 2. The van der Waals surface area contributed by atoms with Gasteiger partial charge in [0, 0.05) is 23.4 Å². The van der Waals surface area contributed by atoms with Crippen LogP contribution in [0.1, 0.15) is 31.1 Å². The molecule has 2 aromatic carbocycles. The highest BCUT2D eigenvalue weighted by molar-refractivity contribution is 7.89. The highest BCUT2D eigenvalue weighted by atomic mass is 32.2. The Bertz CT molecular complexity index is 973. The molecule has 158 valence electrons. The van der Waals surface area contributed by atoms with Gasteiger partial charge in [-0.15, -0.1) is 0 Å². The Morgan fingerprint density at radius 3 is 2.24 bits per heavy atom. The molecule has 0 bridgehead atoms. The normalized spacial score (nSPS) is 11.2. The molecule has 0 aliphatic carbocycles. The fraction of sp³-hybridized carbons (Fsp3) is 0.350. The molecule has 1 amide bonds. The van der Waals surface area contributed by atoms with Gasteiger partial charge < -0.3 is 19.5 Å². The van der Waals surface area contributed by atoms with Crippen LogP contribution in [0, 0.1) is 0 Å². The molecule has 0 atom stereocenters. The Labute approximate surface area is 171 Å². The molecule has 0 heterocycles. The van der Waals surface area contributed by atoms with E-state index >= 15 is 0 Å². The van der Waals surface area contributed by atoms with Crippen LogP contribution in [-0.4, -0.2) is 41.2 Å². The average Bonchev–Trinajstić information content (AvgIpc) is 2.67. The van der Waals surface area contributed by atoms with E-state index in [4.69, 9.17) is 14.2 Å². The van der Waals surface area contributed by atoms with Crippen LogP contribution in [0.5, 0.6) is 17.2 Å². The average molecular weight is 423 g/mol. The maximum atomic E-state index is 12.7. The first-order valence-corrected chi connectivity index (χ1v) is 10.5. The highest BCUT2D eigenvalue weighted by Gasteiger charge is 2.23. The van der Waals surface area contributed by atoms with Crippen LogP contribution in [0.25, 0.3) is 0 Å². The molecule has 2 rings (SSSR count). The van der Waals surface area contributed by atoms with Crippen LogP contribution in [0.15, 0.2) is 41.3 Å². The summed E-state index contributed by atoms with van der Waals surface area (Å²) in [6.45, 7) is 5.47. The summed E-state index contributed by atoms with van der Waals surface area (Å²) in [5.74, 6) is 0.700. The van der Waals surface area contributed by atoms with Crippen LogP contribution in [0.3, 0.4) is 0 Å². The number of sulfonamides is 1. The fourth-order valence-corrected chi connectivity index (χ4v) is 4.05. The second-order valence-electron chi connectivity index (χ2n) is 6.39. The van der Waals surface area contributed by atoms with Gasteiger partial charge in [0.05, 0.1) is 20.8 Å². The lowest BCUT2D eigenvalue weighted by Crippen LogP contribution is -2.30. The number of amides is 1. The SMILES string of the molecule is CCOc1ccc(C(=O)Nc2ccc(OC)c(OC)c2)cc1S(=O)(=O)NC(C)C. The van der Waals surface area contributed by atoms with Crippen molar-refractivity contribution >= 4 is 21.6 Å². The Morgan fingerprint density at radius 1 is 1.00 bits per heavy atom. The zero-order valence-electron chi connectivity index (χ0n) is 17.1. The summed E-state index contributed by atoms with van der Waals surface area (Å²) in [7, 11) is -0.841. The molecule has 0 fully saturated rings. The minimum Gasteiger partial charge on any atom is -0.493 e. The number of rotatable bonds is 9. The van der Waals surface area contributed by atoms with Gasteiger partial charge in [0.2, 0.25) is 10.0 Å². The second-order valence-corrected chi connectivity index (χ2v) is 8.08. The molecule has 2 aromatic rings. The number of anilines is 1. The predicted molar refractivity (Wildman–Crippen MR) is 111 cm³/mol. The lowest BCUT2D eigenvalue weighted by Gasteiger charge is -2.15. The van der Waals surface area contributed by atoms with E-state index in [2.05, 4.69) is 10.0 Å². The fourth-order valence-electron chi connectivity index (χ4n) is 2.63. The van der Waals surface area contributed by atoms with Gasteiger partial charge in [-0.25, -0.2) is 13.1 Å². The molecule has 9 heteroatoms. The minimum atomic E-state index is -3.85. The molecule has 0 saturated carbocycles. The van der Waals surface area contributed by atoms with Crippen molar-refractivity contribution in [1.82, 2.24) is 4.72 Å². The van der Waals surface area contributed by atoms with E-state index in [0.29, 0.717) is 23.8 Å². The summed E-state index contributed by atoms with van der Waals surface area (Å²) in [4.78, 5) is 12.6. The first-order chi connectivity index (χ1) is 13.7. The zero-order chi connectivity index (χ0) is 21.6. The minimum absolute atomic E-state index is 0.0898. The summed E-state index contributed by atoms with van der Waals surface area (Å²) < 4.78 is 43.7. The number of hydrogen-bond acceptors (Lipinski definition) is 6. The second kappa shape index (κ2) is 9.62. The molecular formula is C20H26N2O6S. The Morgan fingerprint density at radius 2 is 1.66 bits per heavy atom. The molecule has 0 radical (unpaired) electrons. The third-order valence-electron chi connectivity index (χ3n) is 3.83. The summed E-state index contributed by atoms with van der Waals surface area (Å²) in [5, 5.41) is 2.72. The van der Waals surface area contributed by atoms with E-state index in [-0.39, 0.29) is 22.3 Å². The van der Waals surface area contributed by atoms with Gasteiger partial charge in [-0.05, 0) is 51.1 Å². The van der Waals surface area contributed by atoms with Crippen molar-refractivity contribution in [1.29, 1.82) is 0 Å². The van der Waals surface area contributed by atoms with Gasteiger partial charge in [-0.3, -0.25) is 4.79 Å². The topological polar surface area (TPSA) is 103 Å². The third kappa shape index (κ3) is 5.61. The molecule has 0 aromatic heterocycles. The van der Waals surface area contributed by atoms with Gasteiger partial charge in [-0.1, -0.05) is 0 Å². The lowest BCUT2D eigenvalue weighted by atomic mass is 10.2. The molecule has 0 saturated heterocycles. The van der Waals surface area contributed by atoms with Crippen molar-refractivity contribution in [3.63, 3.8) is 0 Å². The Balaban J connectivity index is 2.37. The van der Waals surface area contributed by atoms with E-state index in [0.717, 1.165) is 0 Å². The largest absolute Gasteiger partial charge is 0.493 e. The molecule has 0 unspecified atom stereocenters. The van der Waals surface area contributed by atoms with Gasteiger partial charge in [0.15, 0.2) is 11.5 Å². The summed E-state index contributed by atoms with van der Waals surface area (Å²) in [5.41, 5.74) is 0.651. The Hall–Kier alpha value is -2.78. The van der Waals surface area contributed by atoms with Crippen LogP contribution in [-0.2, 0) is 10.0 Å². The van der Waals surface area contributed by atoms with Crippen LogP contribution >= 0.6 is 0 Å². The number of carbonyl (C=O) groups excluding carboxylic acids is 1. The van der Waals surface area contributed by atoms with E-state index < -0.39 is 15.9 Å². The summed E-state index contributed by atoms with van der Waals surface area (Å²) >= 11 is 0. The molecule has 8 nitrogen and oxygen atoms in total. The van der Waals surface area contributed by atoms with E-state index in [1.807, 2.05) is 0 Å². The summed E-state index contributed by atoms with van der Waals surface area (Å²) in [6, 6.07) is 8.91. The van der Waals surface area contributed by atoms with Crippen molar-refractivity contribution in [3.05, 3.63) is 42.0 Å². The number of hydrogen-bond donors (Lipinski definition) is 2. The van der Waals surface area contributed by atoms with Crippen molar-refractivity contribution < 1.29 is 27.4 Å². The maximum absolute atomic E-state index is 12.7. The number of methoxy groups -OCH3 is 2. The Kier molecular flexibility index (Phi) is 7.46. The zero-order valence-corrected chi connectivity index (χ0v) is 17.9. The summed E-state index contributed by atoms with van der Waals surface area (Å²) in [6.07, 6.45) is 0. The molecular weight excluding hydrogens is 396 g/mol. The lowest BCUT2D eigenvalue weighted by molar-refractivity contribution is 0.102. The first-order valence-electron chi connectivity index (χ1n) is 9.04. The van der Waals surface area contributed by atoms with E-state index in [1.54, 1.807) is 39.0 Å². The monoisotopic (exact) mass is 422 g/mol. The van der Waals surface area contributed by atoms with Crippen LogP contribution in [0.2, 0.25) is 0 Å². The third-order valence-corrected chi connectivity index (χ3v) is 5.51. The highest BCUT2D eigenvalue weighted by Crippen LogP contribution is 2.30. The predicted octanol–water partition coefficient (Wildman–Crippen LogP) is 3.04. The van der Waals surface area contributed by atoms with E-state index in [9.17, 15) is 13.2 Å². The van der Waals surface area contributed by atoms with Gasteiger partial charge in [0.1, 0.15) is 10.6 Å². The standard InChI is InChI=1S/C20H26N2O6S/c1-6-28-17-9-7-14(11-19(17)29(24,25)22-13(2)3)20(23)21-15-8-10-16(26-4)18(12-15)27-5/h7-13,22H,6H2,1-5H3,(H,21,23). The molecule has 0 spiro atoms. The molecule has 29 heavy (non-hydrogen) atoms. The van der Waals surface area contributed by atoms with Gasteiger partial charge >= 0.3 is 0 Å². The van der Waals surface area contributed by atoms with Crippen LogP contribution in [0.4, 0.5) is 5.69 Å². The number of carbonyl (C=O) groups is 1. The molecule has 0 aliphatic rings. The van der Waals surface area contributed by atoms with Crippen LogP contribution < -0.4 is 24.2 Å². The molecule has 0 aliphatic heterocycles. The first kappa shape index (κ1) is 22.5. The number of ether oxygens (including phenoxy) is 3. The van der Waals surface area contributed by atoms with Gasteiger partial charge in [-0.2, -0.15) is 0 Å². The van der Waals surface area contributed by atoms with Crippen molar-refractivity contribution in [3.8, 4) is 17.2 Å². The number of nitrogens with one attached hydrogen (secondary N) is 2. The van der Waals surface area contributed by atoms with E-state index in [1.165, 1.54) is 32.4 Å². The smallest absolute Gasteiger partial charge is 0.255 e. The van der Waals surface area contributed by atoms with Crippen molar-refractivity contribution in [2.45, 2.75) is 31.7 Å². The molecule has 2 N–H and O–H groups in total. The quantitative estimate of drug-likeness (QED) is 0.644. The van der Waals surface area contributed by atoms with Crippen molar-refractivity contribution in [2.24, 2.45) is 0 Å². The maximum Gasteiger partial charge on any atom is 0.255 e. The van der Waals surface area contributed by atoms with Crippen molar-refractivity contribution in [2.75, 3.05) is 26.1 Å².